The third-order valence-electron chi connectivity index (χ3n) is 6.07. The Hall–Kier alpha value is -4.26. The van der Waals surface area contributed by atoms with Gasteiger partial charge in [0.1, 0.15) is 11.6 Å². The van der Waals surface area contributed by atoms with Gasteiger partial charge in [-0.05, 0) is 59.7 Å². The van der Waals surface area contributed by atoms with Crippen molar-refractivity contribution in [2.45, 2.75) is 0 Å². The molecule has 7 heteroatoms. The van der Waals surface area contributed by atoms with Crippen molar-refractivity contribution in [3.05, 3.63) is 96.8 Å². The van der Waals surface area contributed by atoms with E-state index in [-0.39, 0.29) is 18.3 Å². The van der Waals surface area contributed by atoms with Gasteiger partial charge in [0.15, 0.2) is 12.4 Å². The maximum atomic E-state index is 13.1. The largest absolute Gasteiger partial charge is 0.484 e. The Balaban J connectivity index is 1.11. The van der Waals surface area contributed by atoms with Crippen molar-refractivity contribution in [2.24, 2.45) is 0 Å². The van der Waals surface area contributed by atoms with E-state index in [0.717, 1.165) is 22.5 Å². The van der Waals surface area contributed by atoms with E-state index in [0.29, 0.717) is 37.6 Å². The van der Waals surface area contributed by atoms with Crippen LogP contribution in [0, 0.1) is 5.82 Å². The Morgan fingerprint density at radius 2 is 1.40 bits per heavy atom. The molecule has 0 radical (unpaired) electrons. The Labute approximate surface area is 203 Å². The molecular formula is C28H25FN4O2. The number of piperazine rings is 1. The molecule has 0 N–H and O–H groups in total. The highest BCUT2D eigenvalue weighted by Crippen LogP contribution is 2.23. The Bertz CT molecular complexity index is 1260. The van der Waals surface area contributed by atoms with Gasteiger partial charge in [-0.15, -0.1) is 10.2 Å². The van der Waals surface area contributed by atoms with Crippen molar-refractivity contribution in [3.8, 4) is 28.1 Å². The lowest BCUT2D eigenvalue weighted by Crippen LogP contribution is -2.50. The predicted molar refractivity (Wildman–Crippen MR) is 134 cm³/mol. The Morgan fingerprint density at radius 1 is 0.743 bits per heavy atom. The lowest BCUT2D eigenvalue weighted by Gasteiger charge is -2.35. The van der Waals surface area contributed by atoms with Crippen LogP contribution in [0.2, 0.25) is 0 Å². The summed E-state index contributed by atoms with van der Waals surface area (Å²) in [5, 5.41) is 8.61. The average Bonchev–Trinajstić information content (AvgIpc) is 2.93. The van der Waals surface area contributed by atoms with Crippen LogP contribution >= 0.6 is 0 Å². The van der Waals surface area contributed by atoms with E-state index in [1.165, 1.54) is 12.1 Å². The smallest absolute Gasteiger partial charge is 0.260 e. The lowest BCUT2D eigenvalue weighted by atomic mass is 10.1. The Morgan fingerprint density at radius 3 is 2.06 bits per heavy atom. The summed E-state index contributed by atoms with van der Waals surface area (Å²) in [5.41, 5.74) is 3.75. The number of ether oxygens (including phenoxy) is 1. The summed E-state index contributed by atoms with van der Waals surface area (Å²) < 4.78 is 18.9. The van der Waals surface area contributed by atoms with Gasteiger partial charge in [-0.1, -0.05) is 42.5 Å². The van der Waals surface area contributed by atoms with E-state index < -0.39 is 0 Å². The summed E-state index contributed by atoms with van der Waals surface area (Å²) in [6, 6.07) is 27.9. The zero-order valence-electron chi connectivity index (χ0n) is 19.2. The SMILES string of the molecule is O=C(COc1ccc(-c2ccccc2)cc1)N1CCN(c2ccc(-c3ccc(F)cc3)nn2)CC1. The molecule has 5 rings (SSSR count). The number of hydrogen-bond donors (Lipinski definition) is 0. The maximum Gasteiger partial charge on any atom is 0.260 e. The molecule has 0 aliphatic carbocycles. The first kappa shape index (κ1) is 22.5. The summed E-state index contributed by atoms with van der Waals surface area (Å²) in [5.74, 6) is 1.12. The third kappa shape index (κ3) is 5.46. The summed E-state index contributed by atoms with van der Waals surface area (Å²) in [4.78, 5) is 16.6. The fourth-order valence-electron chi connectivity index (χ4n) is 4.06. The van der Waals surface area contributed by atoms with Crippen LogP contribution in [0.4, 0.5) is 10.2 Å². The topological polar surface area (TPSA) is 58.6 Å². The van der Waals surface area contributed by atoms with Crippen molar-refractivity contribution < 1.29 is 13.9 Å². The molecule has 35 heavy (non-hydrogen) atoms. The minimum atomic E-state index is -0.280. The number of carbonyl (C=O) groups excluding carboxylic acids is 1. The number of benzene rings is 3. The van der Waals surface area contributed by atoms with Crippen LogP contribution in [-0.4, -0.2) is 53.8 Å². The molecule has 1 aliphatic rings. The second kappa shape index (κ2) is 10.3. The average molecular weight is 469 g/mol. The fourth-order valence-corrected chi connectivity index (χ4v) is 4.06. The molecule has 1 aliphatic heterocycles. The highest BCUT2D eigenvalue weighted by molar-refractivity contribution is 5.78. The lowest BCUT2D eigenvalue weighted by molar-refractivity contribution is -0.133. The number of amides is 1. The normalized spacial score (nSPS) is 13.5. The fraction of sp³-hybridized carbons (Fsp3) is 0.179. The van der Waals surface area contributed by atoms with Gasteiger partial charge in [-0.3, -0.25) is 4.79 Å². The number of hydrogen-bond acceptors (Lipinski definition) is 5. The highest BCUT2D eigenvalue weighted by Gasteiger charge is 2.22. The van der Waals surface area contributed by atoms with Crippen LogP contribution in [0.3, 0.4) is 0 Å². The number of aromatic nitrogens is 2. The van der Waals surface area contributed by atoms with Gasteiger partial charge >= 0.3 is 0 Å². The molecule has 0 spiro atoms. The second-order valence-corrected chi connectivity index (χ2v) is 8.33. The maximum absolute atomic E-state index is 13.1. The molecule has 1 amide bonds. The van der Waals surface area contributed by atoms with Crippen molar-refractivity contribution in [2.75, 3.05) is 37.7 Å². The first-order valence-corrected chi connectivity index (χ1v) is 11.6. The molecule has 2 heterocycles. The number of carbonyl (C=O) groups is 1. The Kier molecular flexibility index (Phi) is 6.66. The first-order valence-electron chi connectivity index (χ1n) is 11.6. The standard InChI is InChI=1S/C28H25FN4O2/c29-24-10-6-23(7-11-24)26-14-15-27(31-30-26)32-16-18-33(19-17-32)28(34)20-35-25-12-8-22(9-13-25)21-4-2-1-3-5-21/h1-15H,16-20H2. The van der Waals surface area contributed by atoms with Gasteiger partial charge in [0, 0.05) is 31.7 Å². The molecule has 1 saturated heterocycles. The quantitative estimate of drug-likeness (QED) is 0.411. The van der Waals surface area contributed by atoms with Gasteiger partial charge < -0.3 is 14.5 Å². The van der Waals surface area contributed by atoms with Crippen LogP contribution in [0.15, 0.2) is 91.0 Å². The molecule has 3 aromatic carbocycles. The van der Waals surface area contributed by atoms with Gasteiger partial charge in [-0.25, -0.2) is 4.39 Å². The van der Waals surface area contributed by atoms with Crippen LogP contribution in [0.25, 0.3) is 22.4 Å². The number of anilines is 1. The third-order valence-corrected chi connectivity index (χ3v) is 6.07. The van der Waals surface area contributed by atoms with Crippen molar-refractivity contribution in [1.29, 1.82) is 0 Å². The summed E-state index contributed by atoms with van der Waals surface area (Å²) in [7, 11) is 0. The van der Waals surface area contributed by atoms with E-state index >= 15 is 0 Å². The zero-order chi connectivity index (χ0) is 24.0. The van der Waals surface area contributed by atoms with E-state index in [2.05, 4.69) is 27.2 Å². The molecule has 0 unspecified atom stereocenters. The molecule has 1 aromatic heterocycles. The van der Waals surface area contributed by atoms with Crippen LogP contribution in [0.1, 0.15) is 0 Å². The number of halogens is 1. The van der Waals surface area contributed by atoms with Gasteiger partial charge in [0.25, 0.3) is 5.91 Å². The highest BCUT2D eigenvalue weighted by atomic mass is 19.1. The van der Waals surface area contributed by atoms with Gasteiger partial charge in [0.2, 0.25) is 0 Å². The molecule has 4 aromatic rings. The molecular weight excluding hydrogens is 443 g/mol. The van der Waals surface area contributed by atoms with Crippen molar-refractivity contribution >= 4 is 11.7 Å². The van der Waals surface area contributed by atoms with E-state index in [1.54, 1.807) is 12.1 Å². The molecule has 176 valence electrons. The molecule has 1 fully saturated rings. The molecule has 0 atom stereocenters. The summed E-state index contributed by atoms with van der Waals surface area (Å²) in [6.45, 7) is 2.54. The monoisotopic (exact) mass is 468 g/mol. The number of rotatable bonds is 6. The molecule has 6 nitrogen and oxygen atoms in total. The van der Waals surface area contributed by atoms with Gasteiger partial charge in [-0.2, -0.15) is 0 Å². The minimum absolute atomic E-state index is 0.0108. The second-order valence-electron chi connectivity index (χ2n) is 8.33. The van der Waals surface area contributed by atoms with Crippen LogP contribution < -0.4 is 9.64 Å². The van der Waals surface area contributed by atoms with E-state index in [9.17, 15) is 9.18 Å². The van der Waals surface area contributed by atoms with Gasteiger partial charge in [0.05, 0.1) is 5.69 Å². The van der Waals surface area contributed by atoms with Crippen LogP contribution in [0.5, 0.6) is 5.75 Å². The molecule has 0 bridgehead atoms. The first-order chi connectivity index (χ1) is 17.2. The minimum Gasteiger partial charge on any atom is -0.484 e. The summed E-state index contributed by atoms with van der Waals surface area (Å²) in [6.07, 6.45) is 0. The van der Waals surface area contributed by atoms with Crippen molar-refractivity contribution in [1.82, 2.24) is 15.1 Å². The number of nitrogens with zero attached hydrogens (tertiary/aromatic N) is 4. The van der Waals surface area contributed by atoms with E-state index in [4.69, 9.17) is 4.74 Å². The van der Waals surface area contributed by atoms with Crippen LogP contribution in [-0.2, 0) is 4.79 Å². The zero-order valence-corrected chi connectivity index (χ0v) is 19.2. The predicted octanol–water partition coefficient (Wildman–Crippen LogP) is 4.68. The summed E-state index contributed by atoms with van der Waals surface area (Å²) >= 11 is 0. The van der Waals surface area contributed by atoms with E-state index in [1.807, 2.05) is 59.5 Å². The van der Waals surface area contributed by atoms with Crippen molar-refractivity contribution in [3.63, 3.8) is 0 Å². The molecule has 0 saturated carbocycles.